The topological polar surface area (TPSA) is 45.7 Å². The van der Waals surface area contributed by atoms with Gasteiger partial charge in [-0.05, 0) is 36.2 Å². The van der Waals surface area contributed by atoms with Crippen LogP contribution in [0.5, 0.6) is 5.75 Å². The fourth-order valence-electron chi connectivity index (χ4n) is 3.22. The van der Waals surface area contributed by atoms with Gasteiger partial charge in [-0.15, -0.1) is 0 Å². The highest BCUT2D eigenvalue weighted by molar-refractivity contribution is 5.79. The predicted octanol–water partition coefficient (Wildman–Crippen LogP) is 2.54. The molecule has 5 heteroatoms. The van der Waals surface area contributed by atoms with Gasteiger partial charge < -0.3 is 9.64 Å². The second-order valence-electron chi connectivity index (χ2n) is 6.40. The van der Waals surface area contributed by atoms with Gasteiger partial charge in [0, 0.05) is 44.6 Å². The molecule has 5 nitrogen and oxygen atoms in total. The largest absolute Gasteiger partial charge is 0.497 e. The maximum atomic E-state index is 12.5. The van der Waals surface area contributed by atoms with Crippen LogP contribution in [0.3, 0.4) is 0 Å². The number of methoxy groups -OCH3 is 1. The third-order valence-electron chi connectivity index (χ3n) is 4.90. The highest BCUT2D eigenvalue weighted by Crippen LogP contribution is 2.21. The first-order valence-corrected chi connectivity index (χ1v) is 8.72. The van der Waals surface area contributed by atoms with Crippen molar-refractivity contribution in [2.45, 2.75) is 19.4 Å². The van der Waals surface area contributed by atoms with Gasteiger partial charge in [0.2, 0.25) is 5.91 Å². The van der Waals surface area contributed by atoms with Crippen LogP contribution in [-0.4, -0.2) is 54.0 Å². The summed E-state index contributed by atoms with van der Waals surface area (Å²) in [6.07, 6.45) is 4.17. The van der Waals surface area contributed by atoms with Gasteiger partial charge in [-0.2, -0.15) is 0 Å². The van der Waals surface area contributed by atoms with Gasteiger partial charge in [0.25, 0.3) is 0 Å². The van der Waals surface area contributed by atoms with Crippen LogP contribution in [0.4, 0.5) is 0 Å². The second-order valence-corrected chi connectivity index (χ2v) is 6.40. The highest BCUT2D eigenvalue weighted by Gasteiger charge is 2.24. The number of hydrogen-bond acceptors (Lipinski definition) is 4. The number of pyridine rings is 1. The summed E-state index contributed by atoms with van der Waals surface area (Å²) in [6.45, 7) is 5.54. The minimum atomic E-state index is 0.193. The predicted molar refractivity (Wildman–Crippen MR) is 97.5 cm³/mol. The number of aromatic nitrogens is 1. The lowest BCUT2D eigenvalue weighted by Crippen LogP contribution is -2.49. The molecule has 1 aromatic carbocycles. The van der Waals surface area contributed by atoms with E-state index in [1.165, 1.54) is 5.56 Å². The molecule has 0 bridgehead atoms. The fraction of sp³-hybridized carbons (Fsp3) is 0.400. The average molecular weight is 339 g/mol. The summed E-state index contributed by atoms with van der Waals surface area (Å²) in [5.41, 5.74) is 2.25. The Morgan fingerprint density at radius 2 is 1.88 bits per heavy atom. The van der Waals surface area contributed by atoms with Crippen molar-refractivity contribution >= 4 is 5.91 Å². The van der Waals surface area contributed by atoms with Crippen molar-refractivity contribution in [2.24, 2.45) is 0 Å². The highest BCUT2D eigenvalue weighted by atomic mass is 16.5. The monoisotopic (exact) mass is 339 g/mol. The molecule has 25 heavy (non-hydrogen) atoms. The van der Waals surface area contributed by atoms with E-state index in [1.54, 1.807) is 13.3 Å². The number of piperazine rings is 1. The number of amides is 1. The van der Waals surface area contributed by atoms with Crippen molar-refractivity contribution in [3.63, 3.8) is 0 Å². The third kappa shape index (κ3) is 4.37. The molecule has 1 saturated heterocycles. The molecule has 3 rings (SSSR count). The normalized spacial score (nSPS) is 16.5. The van der Waals surface area contributed by atoms with Gasteiger partial charge >= 0.3 is 0 Å². The Hall–Kier alpha value is -2.40. The molecule has 2 heterocycles. The van der Waals surface area contributed by atoms with Crippen LogP contribution in [0.15, 0.2) is 48.8 Å². The van der Waals surface area contributed by atoms with Crippen molar-refractivity contribution in [2.75, 3.05) is 33.3 Å². The van der Waals surface area contributed by atoms with Crippen LogP contribution in [0.25, 0.3) is 0 Å². The summed E-state index contributed by atoms with van der Waals surface area (Å²) < 4.78 is 5.16. The molecular weight excluding hydrogens is 314 g/mol. The van der Waals surface area contributed by atoms with Gasteiger partial charge in [0.1, 0.15) is 5.75 Å². The van der Waals surface area contributed by atoms with Gasteiger partial charge in [-0.1, -0.05) is 18.2 Å². The van der Waals surface area contributed by atoms with E-state index in [9.17, 15) is 4.79 Å². The Balaban J connectivity index is 1.52. The van der Waals surface area contributed by atoms with Crippen LogP contribution in [0, 0.1) is 0 Å². The van der Waals surface area contributed by atoms with Crippen LogP contribution in [-0.2, 0) is 11.2 Å². The number of hydrogen-bond donors (Lipinski definition) is 0. The molecule has 2 aromatic rings. The van der Waals surface area contributed by atoms with E-state index in [4.69, 9.17) is 4.74 Å². The van der Waals surface area contributed by atoms with Crippen LogP contribution >= 0.6 is 0 Å². The van der Waals surface area contributed by atoms with E-state index in [0.29, 0.717) is 12.5 Å². The van der Waals surface area contributed by atoms with Gasteiger partial charge in [0.15, 0.2) is 0 Å². The van der Waals surface area contributed by atoms with E-state index in [-0.39, 0.29) is 5.91 Å². The molecule has 132 valence electrons. The summed E-state index contributed by atoms with van der Waals surface area (Å²) >= 11 is 0. The summed E-state index contributed by atoms with van der Waals surface area (Å²) in [6, 6.07) is 12.1. The number of carbonyl (C=O) groups excluding carboxylic acids is 1. The Morgan fingerprint density at radius 1 is 1.16 bits per heavy atom. The fourth-order valence-corrected chi connectivity index (χ4v) is 3.22. The smallest absolute Gasteiger partial charge is 0.227 e. The minimum Gasteiger partial charge on any atom is -0.497 e. The maximum Gasteiger partial charge on any atom is 0.227 e. The van der Waals surface area contributed by atoms with Crippen molar-refractivity contribution in [1.29, 1.82) is 0 Å². The molecule has 1 fully saturated rings. The van der Waals surface area contributed by atoms with Gasteiger partial charge in [0.05, 0.1) is 13.5 Å². The molecule has 0 saturated carbocycles. The van der Waals surface area contributed by atoms with E-state index >= 15 is 0 Å². The van der Waals surface area contributed by atoms with E-state index in [2.05, 4.69) is 22.9 Å². The molecular formula is C20H25N3O2. The van der Waals surface area contributed by atoms with Crippen molar-refractivity contribution in [1.82, 2.24) is 14.8 Å². The lowest BCUT2D eigenvalue weighted by molar-refractivity contribution is -0.132. The standard InChI is InChI=1S/C20H25N3O2/c1-16(18-4-3-9-21-15-18)22-10-12-23(13-11-22)20(24)14-17-5-7-19(25-2)8-6-17/h3-9,15-16H,10-14H2,1-2H3/t16-/m0/s1. The Bertz CT molecular complexity index is 680. The minimum absolute atomic E-state index is 0.193. The van der Waals surface area contributed by atoms with Gasteiger partial charge in [-0.25, -0.2) is 0 Å². The quantitative estimate of drug-likeness (QED) is 0.840. The Labute approximate surface area is 149 Å². The molecule has 0 unspecified atom stereocenters. The zero-order chi connectivity index (χ0) is 17.6. The van der Waals surface area contributed by atoms with Crippen molar-refractivity contribution in [3.8, 4) is 5.75 Å². The number of carbonyl (C=O) groups is 1. The molecule has 0 N–H and O–H groups in total. The van der Waals surface area contributed by atoms with E-state index in [1.807, 2.05) is 41.4 Å². The molecule has 1 atom stereocenters. The molecule has 0 aliphatic carbocycles. The number of nitrogens with zero attached hydrogens (tertiary/aromatic N) is 3. The molecule has 1 aliphatic rings. The van der Waals surface area contributed by atoms with Crippen LogP contribution in [0.1, 0.15) is 24.1 Å². The second kappa shape index (κ2) is 8.12. The lowest BCUT2D eigenvalue weighted by Gasteiger charge is -2.38. The zero-order valence-electron chi connectivity index (χ0n) is 14.9. The Kier molecular flexibility index (Phi) is 5.66. The molecule has 1 aromatic heterocycles. The van der Waals surface area contributed by atoms with Crippen molar-refractivity contribution in [3.05, 3.63) is 59.9 Å². The van der Waals surface area contributed by atoms with Crippen molar-refractivity contribution < 1.29 is 9.53 Å². The lowest BCUT2D eigenvalue weighted by atomic mass is 10.1. The average Bonchev–Trinajstić information content (AvgIpc) is 2.69. The number of ether oxygens (including phenoxy) is 1. The first-order valence-electron chi connectivity index (χ1n) is 8.72. The van der Waals surface area contributed by atoms with Crippen LogP contribution < -0.4 is 4.74 Å². The van der Waals surface area contributed by atoms with Gasteiger partial charge in [-0.3, -0.25) is 14.7 Å². The molecule has 1 aliphatic heterocycles. The molecule has 0 radical (unpaired) electrons. The summed E-state index contributed by atoms with van der Waals surface area (Å²) in [5.74, 6) is 1.01. The third-order valence-corrected chi connectivity index (χ3v) is 4.90. The summed E-state index contributed by atoms with van der Waals surface area (Å²) in [5, 5.41) is 0. The Morgan fingerprint density at radius 3 is 2.48 bits per heavy atom. The first kappa shape index (κ1) is 17.4. The number of benzene rings is 1. The maximum absolute atomic E-state index is 12.5. The van der Waals surface area contributed by atoms with Crippen LogP contribution in [0.2, 0.25) is 0 Å². The molecule has 1 amide bonds. The first-order chi connectivity index (χ1) is 12.2. The SMILES string of the molecule is COc1ccc(CC(=O)N2CCN([C@@H](C)c3cccnc3)CC2)cc1. The zero-order valence-corrected chi connectivity index (χ0v) is 14.9. The van der Waals surface area contributed by atoms with E-state index in [0.717, 1.165) is 37.5 Å². The summed E-state index contributed by atoms with van der Waals surface area (Å²) in [4.78, 5) is 21.1. The summed E-state index contributed by atoms with van der Waals surface area (Å²) in [7, 11) is 1.64. The van der Waals surface area contributed by atoms with E-state index < -0.39 is 0 Å². The number of rotatable bonds is 5. The molecule has 0 spiro atoms.